The van der Waals surface area contributed by atoms with Crippen molar-refractivity contribution in [1.82, 2.24) is 0 Å². The predicted molar refractivity (Wildman–Crippen MR) is 101 cm³/mol. The zero-order valence-electron chi connectivity index (χ0n) is 15.3. The van der Waals surface area contributed by atoms with Crippen LogP contribution in [0.15, 0.2) is 37.1 Å². The second-order valence-electron chi connectivity index (χ2n) is 6.01. The molecule has 1 aromatic carbocycles. The van der Waals surface area contributed by atoms with Gasteiger partial charge in [-0.3, -0.25) is 0 Å². The molecule has 0 unspecified atom stereocenters. The third kappa shape index (κ3) is 11.1. The molecule has 0 aromatic heterocycles. The minimum atomic E-state index is 0.538. The lowest BCUT2D eigenvalue weighted by Gasteiger charge is -2.08. The van der Waals surface area contributed by atoms with Crippen molar-refractivity contribution in [3.05, 3.63) is 42.7 Å². The minimum Gasteiger partial charge on any atom is -0.499 e. The summed E-state index contributed by atoms with van der Waals surface area (Å²) in [5.41, 5.74) is 1.40. The van der Waals surface area contributed by atoms with E-state index in [-0.39, 0.29) is 0 Å². The molecule has 0 spiro atoms. The van der Waals surface area contributed by atoms with E-state index in [0.29, 0.717) is 26.4 Å². The van der Waals surface area contributed by atoms with E-state index in [0.717, 1.165) is 5.75 Å². The fourth-order valence-corrected chi connectivity index (χ4v) is 2.55. The van der Waals surface area contributed by atoms with Gasteiger partial charge in [-0.05, 0) is 30.5 Å². The third-order valence-corrected chi connectivity index (χ3v) is 3.95. The highest BCUT2D eigenvalue weighted by Crippen LogP contribution is 2.15. The molecule has 1 rings (SSSR count). The SMILES string of the molecule is C=COCCOCCOc1ccc(CCCCCCCCC)cc1. The van der Waals surface area contributed by atoms with E-state index in [1.807, 2.05) is 0 Å². The van der Waals surface area contributed by atoms with Crippen LogP contribution in [0.2, 0.25) is 0 Å². The lowest BCUT2D eigenvalue weighted by atomic mass is 10.0. The molecule has 0 N–H and O–H groups in total. The van der Waals surface area contributed by atoms with E-state index in [4.69, 9.17) is 14.2 Å². The van der Waals surface area contributed by atoms with Crippen LogP contribution in [0.1, 0.15) is 57.4 Å². The van der Waals surface area contributed by atoms with Crippen molar-refractivity contribution < 1.29 is 14.2 Å². The molecule has 0 amide bonds. The van der Waals surface area contributed by atoms with Crippen LogP contribution in [0.3, 0.4) is 0 Å². The first-order valence-electron chi connectivity index (χ1n) is 9.38. The van der Waals surface area contributed by atoms with Crippen molar-refractivity contribution >= 4 is 0 Å². The topological polar surface area (TPSA) is 27.7 Å². The highest BCUT2D eigenvalue weighted by Gasteiger charge is 1.97. The van der Waals surface area contributed by atoms with Crippen molar-refractivity contribution in [2.75, 3.05) is 26.4 Å². The summed E-state index contributed by atoms with van der Waals surface area (Å²) < 4.78 is 16.0. The summed E-state index contributed by atoms with van der Waals surface area (Å²) in [7, 11) is 0. The zero-order chi connectivity index (χ0) is 17.3. The number of rotatable bonds is 16. The van der Waals surface area contributed by atoms with Crippen molar-refractivity contribution in [3.8, 4) is 5.75 Å². The van der Waals surface area contributed by atoms with Gasteiger partial charge in [-0.1, -0.05) is 64.2 Å². The van der Waals surface area contributed by atoms with Gasteiger partial charge in [0.25, 0.3) is 0 Å². The Hall–Kier alpha value is -1.48. The lowest BCUT2D eigenvalue weighted by Crippen LogP contribution is -2.09. The summed E-state index contributed by atoms with van der Waals surface area (Å²) in [6.07, 6.45) is 12.1. The van der Waals surface area contributed by atoms with E-state index in [2.05, 4.69) is 37.8 Å². The maximum Gasteiger partial charge on any atom is 0.119 e. The molecule has 0 aliphatic rings. The summed E-state index contributed by atoms with van der Waals surface area (Å²) in [5.74, 6) is 0.907. The zero-order valence-corrected chi connectivity index (χ0v) is 15.3. The van der Waals surface area contributed by atoms with E-state index in [1.165, 1.54) is 63.2 Å². The highest BCUT2D eigenvalue weighted by molar-refractivity contribution is 5.27. The second-order valence-corrected chi connectivity index (χ2v) is 6.01. The molecule has 0 radical (unpaired) electrons. The van der Waals surface area contributed by atoms with Crippen LogP contribution in [0, 0.1) is 0 Å². The first-order chi connectivity index (χ1) is 11.9. The molecule has 0 bridgehead atoms. The van der Waals surface area contributed by atoms with Gasteiger partial charge in [0.15, 0.2) is 0 Å². The molecule has 3 nitrogen and oxygen atoms in total. The fraction of sp³-hybridized carbons (Fsp3) is 0.619. The van der Waals surface area contributed by atoms with Crippen LogP contribution in [0.5, 0.6) is 5.75 Å². The maximum atomic E-state index is 5.66. The van der Waals surface area contributed by atoms with Crippen molar-refractivity contribution in [2.24, 2.45) is 0 Å². The Kier molecular flexibility index (Phi) is 12.9. The van der Waals surface area contributed by atoms with Crippen LogP contribution in [0.25, 0.3) is 0 Å². The summed E-state index contributed by atoms with van der Waals surface area (Å²) in [6, 6.07) is 8.45. The standard InChI is InChI=1S/C21H34O3/c1-3-5-6-7-8-9-10-11-20-12-14-21(15-13-20)24-19-18-23-17-16-22-4-2/h4,12-15H,2-3,5-11,16-19H2,1H3. The lowest BCUT2D eigenvalue weighted by molar-refractivity contribution is 0.0654. The molecule has 0 saturated carbocycles. The summed E-state index contributed by atoms with van der Waals surface area (Å²) >= 11 is 0. The average molecular weight is 335 g/mol. The summed E-state index contributed by atoms with van der Waals surface area (Å²) in [5, 5.41) is 0. The molecule has 0 heterocycles. The Balaban J connectivity index is 2.03. The van der Waals surface area contributed by atoms with E-state index in [9.17, 15) is 0 Å². The maximum absolute atomic E-state index is 5.66. The second kappa shape index (κ2) is 15.1. The molecular formula is C21H34O3. The third-order valence-electron chi connectivity index (χ3n) is 3.95. The van der Waals surface area contributed by atoms with Gasteiger partial charge in [0, 0.05) is 0 Å². The minimum absolute atomic E-state index is 0.538. The highest BCUT2D eigenvalue weighted by atomic mass is 16.5. The van der Waals surface area contributed by atoms with Crippen LogP contribution >= 0.6 is 0 Å². The molecular weight excluding hydrogens is 300 g/mol. The fourth-order valence-electron chi connectivity index (χ4n) is 2.55. The molecule has 0 saturated heterocycles. The first-order valence-corrected chi connectivity index (χ1v) is 9.38. The van der Waals surface area contributed by atoms with Gasteiger partial charge < -0.3 is 14.2 Å². The number of unbranched alkanes of at least 4 members (excludes halogenated alkanes) is 6. The van der Waals surface area contributed by atoms with Gasteiger partial charge in [0.2, 0.25) is 0 Å². The van der Waals surface area contributed by atoms with E-state index < -0.39 is 0 Å². The number of hydrogen-bond acceptors (Lipinski definition) is 3. The van der Waals surface area contributed by atoms with Crippen LogP contribution in [-0.4, -0.2) is 26.4 Å². The monoisotopic (exact) mass is 334 g/mol. The van der Waals surface area contributed by atoms with Gasteiger partial charge in [-0.25, -0.2) is 0 Å². The Labute approximate surface area is 148 Å². The molecule has 0 atom stereocenters. The molecule has 24 heavy (non-hydrogen) atoms. The van der Waals surface area contributed by atoms with Gasteiger partial charge in [-0.2, -0.15) is 0 Å². The Morgan fingerprint density at radius 3 is 2.21 bits per heavy atom. The van der Waals surface area contributed by atoms with Crippen molar-refractivity contribution in [2.45, 2.75) is 58.3 Å². The molecule has 1 aromatic rings. The average Bonchev–Trinajstić information content (AvgIpc) is 2.61. The Morgan fingerprint density at radius 2 is 1.50 bits per heavy atom. The molecule has 0 aliphatic carbocycles. The van der Waals surface area contributed by atoms with E-state index >= 15 is 0 Å². The summed E-state index contributed by atoms with van der Waals surface area (Å²) in [6.45, 7) is 7.97. The Morgan fingerprint density at radius 1 is 0.833 bits per heavy atom. The number of ether oxygens (including phenoxy) is 3. The number of aryl methyl sites for hydroxylation is 1. The molecule has 0 aliphatic heterocycles. The van der Waals surface area contributed by atoms with Crippen molar-refractivity contribution in [1.29, 1.82) is 0 Å². The Bertz CT molecular complexity index is 400. The molecule has 136 valence electrons. The molecule has 3 heteroatoms. The summed E-state index contributed by atoms with van der Waals surface area (Å²) in [4.78, 5) is 0. The molecule has 0 fully saturated rings. The largest absolute Gasteiger partial charge is 0.499 e. The normalized spacial score (nSPS) is 10.5. The number of hydrogen-bond donors (Lipinski definition) is 0. The first kappa shape index (κ1) is 20.6. The van der Waals surface area contributed by atoms with Gasteiger partial charge in [-0.15, -0.1) is 0 Å². The van der Waals surface area contributed by atoms with Crippen LogP contribution < -0.4 is 4.74 Å². The van der Waals surface area contributed by atoms with Gasteiger partial charge >= 0.3 is 0 Å². The quantitative estimate of drug-likeness (QED) is 0.294. The smallest absolute Gasteiger partial charge is 0.119 e. The van der Waals surface area contributed by atoms with Gasteiger partial charge in [0.1, 0.15) is 19.0 Å². The van der Waals surface area contributed by atoms with Crippen molar-refractivity contribution in [3.63, 3.8) is 0 Å². The van der Waals surface area contributed by atoms with E-state index in [1.54, 1.807) is 0 Å². The predicted octanol–water partition coefficient (Wildman–Crippen LogP) is 5.54. The van der Waals surface area contributed by atoms with Gasteiger partial charge in [0.05, 0.1) is 19.5 Å². The number of benzene rings is 1. The van der Waals surface area contributed by atoms with Crippen LogP contribution in [0.4, 0.5) is 0 Å². The van der Waals surface area contributed by atoms with Crippen LogP contribution in [-0.2, 0) is 15.9 Å².